The van der Waals surface area contributed by atoms with Crippen LogP contribution in [0.3, 0.4) is 0 Å². The summed E-state index contributed by atoms with van der Waals surface area (Å²) in [5.41, 5.74) is 5.05. The zero-order valence-electron chi connectivity index (χ0n) is 18.3. The fraction of sp³-hybridized carbons (Fsp3) is 0.308. The number of aromatic nitrogens is 1. The van der Waals surface area contributed by atoms with Crippen LogP contribution in [0, 0.1) is 6.92 Å². The lowest BCUT2D eigenvalue weighted by molar-refractivity contribution is -0.131. The Labute approximate surface area is 183 Å². The van der Waals surface area contributed by atoms with Crippen molar-refractivity contribution in [3.8, 4) is 22.6 Å². The third-order valence-corrected chi connectivity index (χ3v) is 5.82. The molecule has 1 amide bonds. The number of hydrogen-bond donors (Lipinski definition) is 0. The van der Waals surface area contributed by atoms with E-state index >= 15 is 0 Å². The Hall–Kier alpha value is -3.34. The lowest BCUT2D eigenvalue weighted by Crippen LogP contribution is -2.32. The number of methoxy groups -OCH3 is 2. The fourth-order valence-electron chi connectivity index (χ4n) is 4.32. The van der Waals surface area contributed by atoms with Gasteiger partial charge in [-0.1, -0.05) is 30.3 Å². The molecule has 3 aromatic rings. The molecule has 5 nitrogen and oxygen atoms in total. The monoisotopic (exact) mass is 416 g/mol. The van der Waals surface area contributed by atoms with Crippen molar-refractivity contribution in [1.82, 2.24) is 9.88 Å². The van der Waals surface area contributed by atoms with E-state index in [1.54, 1.807) is 14.2 Å². The number of benzene rings is 2. The Bertz CT molecular complexity index is 1070. The average molecular weight is 417 g/mol. The highest BCUT2D eigenvalue weighted by Gasteiger charge is 2.31. The minimum Gasteiger partial charge on any atom is -0.497 e. The first-order valence-electron chi connectivity index (χ1n) is 10.6. The summed E-state index contributed by atoms with van der Waals surface area (Å²) in [6, 6.07) is 20.1. The van der Waals surface area contributed by atoms with Crippen molar-refractivity contribution in [3.05, 3.63) is 77.6 Å². The van der Waals surface area contributed by atoms with Gasteiger partial charge in [0, 0.05) is 17.8 Å². The molecule has 1 atom stereocenters. The average Bonchev–Trinajstić information content (AvgIpc) is 3.29. The van der Waals surface area contributed by atoms with Crippen LogP contribution in [0.5, 0.6) is 11.5 Å². The number of aryl methyl sites for hydroxylation is 1. The quantitative estimate of drug-likeness (QED) is 0.569. The van der Waals surface area contributed by atoms with Crippen LogP contribution >= 0.6 is 0 Å². The van der Waals surface area contributed by atoms with Gasteiger partial charge in [0.2, 0.25) is 5.91 Å². The van der Waals surface area contributed by atoms with Crippen molar-refractivity contribution in [2.24, 2.45) is 0 Å². The fourth-order valence-corrected chi connectivity index (χ4v) is 4.32. The second-order valence-electron chi connectivity index (χ2n) is 7.89. The summed E-state index contributed by atoms with van der Waals surface area (Å²) < 4.78 is 10.8. The normalized spacial score (nSPS) is 15.7. The van der Waals surface area contributed by atoms with Crippen molar-refractivity contribution in [2.75, 3.05) is 20.8 Å². The van der Waals surface area contributed by atoms with Gasteiger partial charge < -0.3 is 14.4 Å². The number of amides is 1. The van der Waals surface area contributed by atoms with Gasteiger partial charge in [0.25, 0.3) is 0 Å². The molecule has 0 radical (unpaired) electrons. The zero-order valence-corrected chi connectivity index (χ0v) is 18.3. The maximum atomic E-state index is 13.3. The van der Waals surface area contributed by atoms with E-state index in [2.05, 4.69) is 24.3 Å². The largest absolute Gasteiger partial charge is 0.497 e. The molecule has 0 saturated carbocycles. The number of carbonyl (C=O) groups is 1. The van der Waals surface area contributed by atoms with Crippen LogP contribution in [0.2, 0.25) is 0 Å². The summed E-state index contributed by atoms with van der Waals surface area (Å²) in [5, 5.41) is 0. The van der Waals surface area contributed by atoms with Crippen LogP contribution in [0.1, 0.15) is 35.8 Å². The van der Waals surface area contributed by atoms with Gasteiger partial charge in [0.05, 0.1) is 32.4 Å². The molecule has 1 aliphatic rings. The molecule has 0 unspecified atom stereocenters. The van der Waals surface area contributed by atoms with E-state index in [4.69, 9.17) is 14.5 Å². The molecule has 1 fully saturated rings. The van der Waals surface area contributed by atoms with Crippen LogP contribution in [0.4, 0.5) is 0 Å². The minimum absolute atomic E-state index is 0.00790. The van der Waals surface area contributed by atoms with Crippen LogP contribution < -0.4 is 9.47 Å². The second kappa shape index (κ2) is 9.21. The van der Waals surface area contributed by atoms with E-state index in [0.29, 0.717) is 5.75 Å². The first-order chi connectivity index (χ1) is 15.1. The minimum atomic E-state index is -0.00790. The molecule has 1 aromatic heterocycles. The number of rotatable bonds is 6. The molecule has 31 heavy (non-hydrogen) atoms. The van der Waals surface area contributed by atoms with Crippen molar-refractivity contribution in [2.45, 2.75) is 32.2 Å². The standard InChI is InChI=1S/C26H28N2O3/c1-18-14-20(19-8-5-4-6-9-19)16-23(27-18)24-10-7-13-28(24)26(29)17-21-15-22(30-2)11-12-25(21)31-3/h4-6,8-9,11-12,14-16,24H,7,10,13,17H2,1-3H3/t24-/m0/s1. The number of ether oxygens (including phenoxy) is 2. The van der Waals surface area contributed by atoms with Crippen LogP contribution in [0.15, 0.2) is 60.7 Å². The molecule has 2 heterocycles. The lowest BCUT2D eigenvalue weighted by Gasteiger charge is -2.25. The van der Waals surface area contributed by atoms with Gasteiger partial charge in [-0.25, -0.2) is 0 Å². The van der Waals surface area contributed by atoms with E-state index in [0.717, 1.165) is 53.2 Å². The highest BCUT2D eigenvalue weighted by Crippen LogP contribution is 2.34. The SMILES string of the molecule is COc1ccc(OC)c(CC(=O)N2CCC[C@H]2c2cc(-c3ccccc3)cc(C)n2)c1. The van der Waals surface area contributed by atoms with E-state index < -0.39 is 0 Å². The first kappa shape index (κ1) is 20.9. The summed E-state index contributed by atoms with van der Waals surface area (Å²) in [4.78, 5) is 20.1. The Morgan fingerprint density at radius 3 is 2.58 bits per heavy atom. The Morgan fingerprint density at radius 2 is 1.84 bits per heavy atom. The van der Waals surface area contributed by atoms with Crippen molar-refractivity contribution in [3.63, 3.8) is 0 Å². The summed E-state index contributed by atoms with van der Waals surface area (Å²) in [6.45, 7) is 2.75. The zero-order chi connectivity index (χ0) is 21.8. The molecule has 0 bridgehead atoms. The van der Waals surface area contributed by atoms with E-state index in [9.17, 15) is 4.79 Å². The summed E-state index contributed by atoms with van der Waals surface area (Å²) in [6.07, 6.45) is 2.17. The molecule has 1 saturated heterocycles. The lowest BCUT2D eigenvalue weighted by atomic mass is 10.0. The first-order valence-corrected chi connectivity index (χ1v) is 10.6. The van der Waals surface area contributed by atoms with E-state index in [-0.39, 0.29) is 18.4 Å². The molecule has 1 aliphatic heterocycles. The number of likely N-dealkylation sites (tertiary alicyclic amines) is 1. The molecule has 4 rings (SSSR count). The summed E-state index contributed by atoms with van der Waals surface area (Å²) in [7, 11) is 3.24. The maximum absolute atomic E-state index is 13.3. The topological polar surface area (TPSA) is 51.7 Å². The van der Waals surface area contributed by atoms with Crippen molar-refractivity contribution >= 4 is 5.91 Å². The molecular weight excluding hydrogens is 388 g/mol. The number of carbonyl (C=O) groups excluding carboxylic acids is 1. The Morgan fingerprint density at radius 1 is 1.03 bits per heavy atom. The van der Waals surface area contributed by atoms with Gasteiger partial charge in [-0.05, 0) is 61.2 Å². The molecule has 0 N–H and O–H groups in total. The molecule has 0 aliphatic carbocycles. The van der Waals surface area contributed by atoms with Gasteiger partial charge in [0.15, 0.2) is 0 Å². The number of pyridine rings is 1. The third-order valence-electron chi connectivity index (χ3n) is 5.82. The maximum Gasteiger partial charge on any atom is 0.227 e. The summed E-state index contributed by atoms with van der Waals surface area (Å²) >= 11 is 0. The smallest absolute Gasteiger partial charge is 0.227 e. The molecule has 5 heteroatoms. The molecule has 160 valence electrons. The highest BCUT2D eigenvalue weighted by molar-refractivity contribution is 5.80. The second-order valence-corrected chi connectivity index (χ2v) is 7.89. The van der Waals surface area contributed by atoms with Crippen molar-refractivity contribution in [1.29, 1.82) is 0 Å². The number of nitrogens with zero attached hydrogens (tertiary/aromatic N) is 2. The van der Waals surface area contributed by atoms with Crippen LogP contribution in [-0.4, -0.2) is 36.6 Å². The van der Waals surface area contributed by atoms with Gasteiger partial charge in [-0.3, -0.25) is 9.78 Å². The third kappa shape index (κ3) is 4.55. The number of hydrogen-bond acceptors (Lipinski definition) is 4. The van der Waals surface area contributed by atoms with E-state index in [1.165, 1.54) is 0 Å². The van der Waals surface area contributed by atoms with Crippen LogP contribution in [-0.2, 0) is 11.2 Å². The van der Waals surface area contributed by atoms with Gasteiger partial charge in [0.1, 0.15) is 11.5 Å². The predicted octanol–water partition coefficient (Wildman–Crippen LogP) is 4.98. The van der Waals surface area contributed by atoms with E-state index in [1.807, 2.05) is 48.2 Å². The molecular formula is C26H28N2O3. The predicted molar refractivity (Wildman–Crippen MR) is 121 cm³/mol. The molecule has 2 aromatic carbocycles. The molecule has 0 spiro atoms. The summed E-state index contributed by atoms with van der Waals surface area (Å²) in [5.74, 6) is 1.50. The van der Waals surface area contributed by atoms with Gasteiger partial charge >= 0.3 is 0 Å². The van der Waals surface area contributed by atoms with Crippen LogP contribution in [0.25, 0.3) is 11.1 Å². The van der Waals surface area contributed by atoms with Gasteiger partial charge in [-0.15, -0.1) is 0 Å². The Kier molecular flexibility index (Phi) is 6.21. The van der Waals surface area contributed by atoms with Crippen molar-refractivity contribution < 1.29 is 14.3 Å². The highest BCUT2D eigenvalue weighted by atomic mass is 16.5. The Balaban J connectivity index is 1.60. The van der Waals surface area contributed by atoms with Gasteiger partial charge in [-0.2, -0.15) is 0 Å².